The number of rotatable bonds is 10. The number of H-pyrrole nitrogens is 1. The van der Waals surface area contributed by atoms with E-state index in [4.69, 9.17) is 19.7 Å². The molecule has 1 atom stereocenters. The molecule has 2 saturated heterocycles. The number of nitrogens with zero attached hydrogens (tertiary/aromatic N) is 8. The average Bonchev–Trinajstić information content (AvgIpc) is 3.29. The zero-order valence-corrected chi connectivity index (χ0v) is 22.3. The molecule has 14 heteroatoms. The highest BCUT2D eigenvalue weighted by molar-refractivity contribution is 7.13. The fraction of sp³-hybridized carbons (Fsp3) is 0.583. The maximum absolute atomic E-state index is 13.1. The van der Waals surface area contributed by atoms with Crippen LogP contribution in [0.15, 0.2) is 17.6 Å². The Morgan fingerprint density at radius 2 is 1.97 bits per heavy atom. The molecule has 0 unspecified atom stereocenters. The van der Waals surface area contributed by atoms with Gasteiger partial charge in [0.25, 0.3) is 0 Å². The Bertz CT molecular complexity index is 1220. The Balaban J connectivity index is 1.24. The van der Waals surface area contributed by atoms with Crippen LogP contribution >= 0.6 is 11.3 Å². The zero-order chi connectivity index (χ0) is 25.9. The Hall–Kier alpha value is -3.36. The van der Waals surface area contributed by atoms with Crippen LogP contribution in [0.1, 0.15) is 37.3 Å². The van der Waals surface area contributed by atoms with Gasteiger partial charge in [0.1, 0.15) is 6.04 Å². The summed E-state index contributed by atoms with van der Waals surface area (Å²) in [4.78, 5) is 38.3. The van der Waals surface area contributed by atoms with Crippen LogP contribution in [-0.4, -0.2) is 100.0 Å². The largest absolute Gasteiger partial charge is 0.383 e. The normalized spacial score (nSPS) is 20.2. The summed E-state index contributed by atoms with van der Waals surface area (Å²) in [6.07, 6.45) is 5.67. The molecule has 1 saturated carbocycles. The van der Waals surface area contributed by atoms with Crippen molar-refractivity contribution >= 4 is 46.0 Å². The van der Waals surface area contributed by atoms with Crippen LogP contribution < -0.4 is 20.4 Å². The fourth-order valence-corrected chi connectivity index (χ4v) is 5.47. The van der Waals surface area contributed by atoms with Gasteiger partial charge in [0, 0.05) is 75.6 Å². The first-order chi connectivity index (χ1) is 18.7. The van der Waals surface area contributed by atoms with Gasteiger partial charge < -0.3 is 25.2 Å². The number of carbonyl (C=O) groups is 1. The van der Waals surface area contributed by atoms with E-state index >= 15 is 0 Å². The molecule has 13 nitrogen and oxygen atoms in total. The van der Waals surface area contributed by atoms with E-state index in [0.29, 0.717) is 41.3 Å². The Labute approximate surface area is 225 Å². The van der Waals surface area contributed by atoms with Crippen LogP contribution in [0.2, 0.25) is 0 Å². The minimum absolute atomic E-state index is 0.0953. The summed E-state index contributed by atoms with van der Waals surface area (Å²) in [5, 5.41) is 16.2. The van der Waals surface area contributed by atoms with Gasteiger partial charge in [-0.3, -0.25) is 14.8 Å². The molecule has 5 heterocycles. The number of nitrogens with one attached hydrogen (secondary N) is 3. The number of amides is 1. The van der Waals surface area contributed by atoms with Crippen molar-refractivity contribution in [1.29, 1.82) is 0 Å². The lowest BCUT2D eigenvalue weighted by molar-refractivity contribution is -0.117. The fourth-order valence-electron chi connectivity index (χ4n) is 4.94. The third-order valence-corrected chi connectivity index (χ3v) is 7.90. The number of hydrogen-bond acceptors (Lipinski definition) is 12. The van der Waals surface area contributed by atoms with Crippen LogP contribution in [-0.2, 0) is 9.53 Å². The van der Waals surface area contributed by atoms with E-state index in [-0.39, 0.29) is 11.9 Å². The molecule has 0 bridgehead atoms. The standard InChI is InChI=1S/C24H33N11O2S/c1-37-13-12-33-8-10-34(11-9-33)22-28-21(26-19-15-17(31-32-19)16-4-5-16)29-23(30-22)35-7-2-3-18(35)20(36)27-24-25-6-14-38-24/h6,14-16,18H,2-5,7-13H2,1H3,(H,25,27,36)(H2,26,28,29,30,31,32)/t18-/m0/s1. The molecule has 38 heavy (non-hydrogen) atoms. The molecule has 0 radical (unpaired) electrons. The quantitative estimate of drug-likeness (QED) is 0.349. The van der Waals surface area contributed by atoms with Crippen LogP contribution in [0.4, 0.5) is 28.8 Å². The van der Waals surface area contributed by atoms with E-state index in [1.807, 2.05) is 16.3 Å². The number of ether oxygens (including phenoxy) is 1. The number of carbonyl (C=O) groups excluding carboxylic acids is 1. The van der Waals surface area contributed by atoms with Gasteiger partial charge in [0.15, 0.2) is 10.9 Å². The van der Waals surface area contributed by atoms with Crippen molar-refractivity contribution in [2.24, 2.45) is 0 Å². The molecule has 1 aliphatic carbocycles. The van der Waals surface area contributed by atoms with Crippen LogP contribution in [0.5, 0.6) is 0 Å². The van der Waals surface area contributed by atoms with E-state index in [1.54, 1.807) is 13.3 Å². The topological polar surface area (TPSA) is 140 Å². The van der Waals surface area contributed by atoms with Gasteiger partial charge in [-0.2, -0.15) is 20.1 Å². The van der Waals surface area contributed by atoms with E-state index in [2.05, 4.69) is 35.6 Å². The summed E-state index contributed by atoms with van der Waals surface area (Å²) in [5.74, 6) is 2.67. The second-order valence-electron chi connectivity index (χ2n) is 9.87. The molecule has 3 aromatic rings. The third-order valence-electron chi connectivity index (χ3n) is 7.21. The molecule has 202 valence electrons. The van der Waals surface area contributed by atoms with Crippen LogP contribution in [0, 0.1) is 0 Å². The summed E-state index contributed by atoms with van der Waals surface area (Å²) in [5.41, 5.74) is 1.13. The molecule has 3 aromatic heterocycles. The first-order valence-corrected chi connectivity index (χ1v) is 14.1. The molecule has 2 aliphatic heterocycles. The average molecular weight is 540 g/mol. The number of aromatic nitrogens is 6. The van der Waals surface area contributed by atoms with Gasteiger partial charge >= 0.3 is 0 Å². The molecule has 6 rings (SSSR count). The summed E-state index contributed by atoms with van der Waals surface area (Å²) in [6.45, 7) is 5.72. The lowest BCUT2D eigenvalue weighted by Crippen LogP contribution is -2.48. The SMILES string of the molecule is COCCN1CCN(c2nc(Nc3cc(C4CC4)[nH]n3)nc(N3CCC[C@H]3C(=O)Nc3nccs3)n2)CC1. The molecule has 3 N–H and O–H groups in total. The van der Waals surface area contributed by atoms with Crippen LogP contribution in [0.25, 0.3) is 0 Å². The number of hydrogen-bond donors (Lipinski definition) is 3. The van der Waals surface area contributed by atoms with Crippen LogP contribution in [0.3, 0.4) is 0 Å². The molecular weight excluding hydrogens is 506 g/mol. The van der Waals surface area contributed by atoms with Gasteiger partial charge in [0.05, 0.1) is 6.61 Å². The monoisotopic (exact) mass is 539 g/mol. The minimum atomic E-state index is -0.375. The summed E-state index contributed by atoms with van der Waals surface area (Å²) < 4.78 is 5.24. The second-order valence-corrected chi connectivity index (χ2v) is 10.8. The molecule has 0 spiro atoms. The lowest BCUT2D eigenvalue weighted by Gasteiger charge is -2.35. The summed E-state index contributed by atoms with van der Waals surface area (Å²) >= 11 is 1.40. The molecular formula is C24H33N11O2S. The number of piperazine rings is 1. The van der Waals surface area contributed by atoms with Crippen molar-refractivity contribution in [3.05, 3.63) is 23.3 Å². The number of anilines is 5. The highest BCUT2D eigenvalue weighted by Gasteiger charge is 2.34. The number of aromatic amines is 1. The Morgan fingerprint density at radius 3 is 2.74 bits per heavy atom. The van der Waals surface area contributed by atoms with Gasteiger partial charge in [-0.05, 0) is 25.7 Å². The molecule has 3 aliphatic rings. The minimum Gasteiger partial charge on any atom is -0.383 e. The first kappa shape index (κ1) is 24.9. The van der Waals surface area contributed by atoms with Gasteiger partial charge in [-0.15, -0.1) is 11.3 Å². The molecule has 0 aromatic carbocycles. The number of methoxy groups -OCH3 is 1. The van der Waals surface area contributed by atoms with E-state index in [1.165, 1.54) is 24.2 Å². The smallest absolute Gasteiger partial charge is 0.248 e. The van der Waals surface area contributed by atoms with Gasteiger partial charge in [0.2, 0.25) is 23.8 Å². The predicted molar refractivity (Wildman–Crippen MR) is 145 cm³/mol. The van der Waals surface area contributed by atoms with E-state index in [9.17, 15) is 4.79 Å². The van der Waals surface area contributed by atoms with Crippen molar-refractivity contribution < 1.29 is 9.53 Å². The van der Waals surface area contributed by atoms with Gasteiger partial charge in [-0.1, -0.05) is 0 Å². The van der Waals surface area contributed by atoms with Crippen molar-refractivity contribution in [2.75, 3.05) is 73.4 Å². The summed E-state index contributed by atoms with van der Waals surface area (Å²) in [7, 11) is 1.73. The predicted octanol–water partition coefficient (Wildman–Crippen LogP) is 2.05. The van der Waals surface area contributed by atoms with Crippen molar-refractivity contribution in [3.8, 4) is 0 Å². The van der Waals surface area contributed by atoms with Crippen molar-refractivity contribution in [1.82, 2.24) is 35.0 Å². The first-order valence-electron chi connectivity index (χ1n) is 13.2. The lowest BCUT2D eigenvalue weighted by atomic mass is 10.2. The van der Waals surface area contributed by atoms with E-state index < -0.39 is 0 Å². The Kier molecular flexibility index (Phi) is 7.33. The highest BCUT2D eigenvalue weighted by atomic mass is 32.1. The second kappa shape index (κ2) is 11.2. The van der Waals surface area contributed by atoms with Gasteiger partial charge in [-0.25, -0.2) is 4.98 Å². The van der Waals surface area contributed by atoms with E-state index in [0.717, 1.165) is 57.9 Å². The Morgan fingerprint density at radius 1 is 1.13 bits per heavy atom. The summed E-state index contributed by atoms with van der Waals surface area (Å²) in [6, 6.07) is 1.65. The molecule has 3 fully saturated rings. The maximum Gasteiger partial charge on any atom is 0.248 e. The number of thiazole rings is 1. The van der Waals surface area contributed by atoms with Crippen molar-refractivity contribution in [2.45, 2.75) is 37.6 Å². The zero-order valence-electron chi connectivity index (χ0n) is 21.5. The maximum atomic E-state index is 13.1. The third kappa shape index (κ3) is 5.71. The van der Waals surface area contributed by atoms with Crippen molar-refractivity contribution in [3.63, 3.8) is 0 Å². The molecule has 1 amide bonds. The highest BCUT2D eigenvalue weighted by Crippen LogP contribution is 2.39.